The van der Waals surface area contributed by atoms with Crippen molar-refractivity contribution in [2.45, 2.75) is 24.8 Å². The number of aryl methyl sites for hydroxylation is 1. The Morgan fingerprint density at radius 2 is 1.96 bits per heavy atom. The number of aromatic nitrogens is 3. The van der Waals surface area contributed by atoms with E-state index in [1.807, 2.05) is 32.0 Å². The van der Waals surface area contributed by atoms with Crippen molar-refractivity contribution in [2.24, 2.45) is 0 Å². The molecule has 25 heavy (non-hydrogen) atoms. The average molecular weight is 353 g/mol. The first-order valence-corrected chi connectivity index (χ1v) is 8.76. The minimum absolute atomic E-state index is 0. The number of methoxy groups -OCH3 is 2. The van der Waals surface area contributed by atoms with Crippen LogP contribution in [0, 0.1) is 13.8 Å². The topological polar surface area (TPSA) is 83.1 Å². The molecule has 0 spiro atoms. The summed E-state index contributed by atoms with van der Waals surface area (Å²) in [7, 11) is 3.23. The van der Waals surface area contributed by atoms with Crippen LogP contribution < -0.4 is 9.47 Å². The molecule has 2 heterocycles. The van der Waals surface area contributed by atoms with Crippen LogP contribution in [0.1, 0.15) is 16.8 Å². The van der Waals surface area contributed by atoms with Gasteiger partial charge in [-0.15, -0.1) is 0 Å². The predicted molar refractivity (Wildman–Crippen MR) is 100 cm³/mol. The van der Waals surface area contributed by atoms with E-state index in [2.05, 4.69) is 15.0 Å². The third-order valence-electron chi connectivity index (χ3n) is 3.90. The molecule has 0 bridgehead atoms. The zero-order chi connectivity index (χ0) is 17.3. The quantitative estimate of drug-likeness (QED) is 0.562. The Morgan fingerprint density at radius 3 is 2.64 bits per heavy atom. The summed E-state index contributed by atoms with van der Waals surface area (Å²) in [5.74, 6) is 1.79. The monoisotopic (exact) mass is 353 g/mol. The van der Waals surface area contributed by atoms with Crippen molar-refractivity contribution in [3.8, 4) is 11.5 Å². The minimum atomic E-state index is -1.33. The van der Waals surface area contributed by atoms with Gasteiger partial charge in [-0.2, -0.15) is 4.98 Å². The summed E-state index contributed by atoms with van der Waals surface area (Å²) in [4.78, 5) is 11.9. The molecule has 0 saturated heterocycles. The van der Waals surface area contributed by atoms with E-state index in [1.165, 1.54) is 0 Å². The molecule has 0 aliphatic heterocycles. The van der Waals surface area contributed by atoms with Crippen molar-refractivity contribution in [2.75, 3.05) is 14.2 Å². The van der Waals surface area contributed by atoms with Gasteiger partial charge in [0.2, 0.25) is 0 Å². The van der Waals surface area contributed by atoms with Crippen molar-refractivity contribution >= 4 is 41.1 Å². The molecule has 1 atom stereocenters. The second kappa shape index (κ2) is 8.15. The van der Waals surface area contributed by atoms with Gasteiger partial charge in [-0.05, 0) is 26.0 Å². The second-order valence-electron chi connectivity index (χ2n) is 5.46. The number of aromatic amines is 1. The van der Waals surface area contributed by atoms with Crippen molar-refractivity contribution in [3.05, 3.63) is 41.2 Å². The van der Waals surface area contributed by atoms with Crippen LogP contribution in [0.2, 0.25) is 0 Å². The van der Waals surface area contributed by atoms with Crippen LogP contribution in [-0.2, 0) is 16.9 Å². The number of nitrogens with one attached hydrogen (secondary N) is 1. The van der Waals surface area contributed by atoms with Crippen LogP contribution in [0.15, 0.2) is 29.6 Å². The normalized spacial score (nSPS) is 11.9. The van der Waals surface area contributed by atoms with Gasteiger partial charge in [-0.25, -0.2) is 0 Å². The molecule has 1 aromatic carbocycles. The van der Waals surface area contributed by atoms with E-state index >= 15 is 0 Å². The fourth-order valence-electron chi connectivity index (χ4n) is 2.61. The van der Waals surface area contributed by atoms with Gasteiger partial charge in [-0.1, -0.05) is 0 Å². The Kier molecular flexibility index (Phi) is 6.41. The Hall–Kier alpha value is -1.65. The Morgan fingerprint density at radius 1 is 1.20 bits per heavy atom. The van der Waals surface area contributed by atoms with Crippen LogP contribution in [0.5, 0.6) is 11.5 Å². The van der Waals surface area contributed by atoms with Gasteiger partial charge in [0.25, 0.3) is 0 Å². The first kappa shape index (κ1) is 19.7. The van der Waals surface area contributed by atoms with Gasteiger partial charge in [0, 0.05) is 34.6 Å². The number of fused-ring (bicyclic) bond motifs is 1. The zero-order valence-electron chi connectivity index (χ0n) is 14.0. The SMILES string of the molecule is COc1ccc2nc([S@+]([O-])Cc3ncc(C)c(OC)c3C)[nH]c2c1.[LiH]. The molecule has 8 heteroatoms. The Balaban J connectivity index is 0.00000225. The van der Waals surface area contributed by atoms with Crippen LogP contribution in [0.4, 0.5) is 0 Å². The summed E-state index contributed by atoms with van der Waals surface area (Å²) in [6, 6.07) is 5.50. The van der Waals surface area contributed by atoms with E-state index in [4.69, 9.17) is 9.47 Å². The summed E-state index contributed by atoms with van der Waals surface area (Å²) in [5.41, 5.74) is 4.16. The number of pyridine rings is 1. The third kappa shape index (κ3) is 3.96. The van der Waals surface area contributed by atoms with Gasteiger partial charge in [0.1, 0.15) is 11.5 Å². The molecule has 6 nitrogen and oxygen atoms in total. The van der Waals surface area contributed by atoms with Gasteiger partial charge in [-0.3, -0.25) is 9.97 Å². The molecule has 0 aliphatic carbocycles. The molecule has 2 aromatic heterocycles. The number of H-pyrrole nitrogens is 1. The van der Waals surface area contributed by atoms with E-state index in [9.17, 15) is 4.55 Å². The molecule has 0 unspecified atom stereocenters. The molecule has 0 fully saturated rings. The molecule has 0 amide bonds. The summed E-state index contributed by atoms with van der Waals surface area (Å²) in [5, 5.41) is 0.430. The molecule has 3 rings (SSSR count). The van der Waals surface area contributed by atoms with Gasteiger partial charge >= 0.3 is 24.0 Å². The number of ether oxygens (including phenoxy) is 2. The molecule has 0 saturated carbocycles. The Labute approximate surface area is 161 Å². The van der Waals surface area contributed by atoms with Gasteiger partial charge < -0.3 is 14.0 Å². The van der Waals surface area contributed by atoms with Crippen LogP contribution >= 0.6 is 0 Å². The van der Waals surface area contributed by atoms with E-state index in [0.29, 0.717) is 5.16 Å². The average Bonchev–Trinajstić information content (AvgIpc) is 3.01. The second-order valence-corrected chi connectivity index (χ2v) is 6.83. The summed E-state index contributed by atoms with van der Waals surface area (Å²) in [6.07, 6.45) is 1.74. The number of hydrogen-bond acceptors (Lipinski definition) is 5. The molecule has 0 aliphatic rings. The molecule has 128 valence electrons. The fraction of sp³-hybridized carbons (Fsp3) is 0.294. The maximum absolute atomic E-state index is 12.7. The van der Waals surface area contributed by atoms with E-state index in [1.54, 1.807) is 20.4 Å². The molecular weight excluding hydrogens is 333 g/mol. The van der Waals surface area contributed by atoms with Crippen LogP contribution in [-0.4, -0.2) is 52.6 Å². The number of nitrogens with zero attached hydrogens (tertiary/aromatic N) is 2. The number of benzene rings is 1. The van der Waals surface area contributed by atoms with Gasteiger partial charge in [0.15, 0.2) is 5.75 Å². The van der Waals surface area contributed by atoms with E-state index < -0.39 is 11.2 Å². The summed E-state index contributed by atoms with van der Waals surface area (Å²) < 4.78 is 23.3. The van der Waals surface area contributed by atoms with Crippen LogP contribution in [0.3, 0.4) is 0 Å². The molecule has 0 radical (unpaired) electrons. The van der Waals surface area contributed by atoms with Crippen molar-refractivity contribution in [3.63, 3.8) is 0 Å². The zero-order valence-corrected chi connectivity index (χ0v) is 14.9. The van der Waals surface area contributed by atoms with Crippen molar-refractivity contribution < 1.29 is 14.0 Å². The van der Waals surface area contributed by atoms with Crippen molar-refractivity contribution in [1.29, 1.82) is 0 Å². The van der Waals surface area contributed by atoms with Gasteiger partial charge in [0.05, 0.1) is 30.9 Å². The number of hydrogen-bond donors (Lipinski definition) is 1. The van der Waals surface area contributed by atoms with E-state index in [0.717, 1.165) is 39.4 Å². The third-order valence-corrected chi connectivity index (χ3v) is 5.06. The fourth-order valence-corrected chi connectivity index (χ4v) is 3.71. The predicted octanol–water partition coefficient (Wildman–Crippen LogP) is 2.25. The molecular formula is C17H20LiN3O3S. The number of rotatable bonds is 5. The first-order chi connectivity index (χ1) is 11.5. The maximum atomic E-state index is 12.7. The molecule has 1 N–H and O–H groups in total. The number of imidazole rings is 1. The van der Waals surface area contributed by atoms with E-state index in [-0.39, 0.29) is 24.6 Å². The van der Waals surface area contributed by atoms with Crippen LogP contribution in [0.25, 0.3) is 11.0 Å². The summed E-state index contributed by atoms with van der Waals surface area (Å²) in [6.45, 7) is 3.86. The summed E-state index contributed by atoms with van der Waals surface area (Å²) >= 11 is -1.33. The molecule has 3 aromatic rings. The standard InChI is InChI=1S/C17H19N3O3S.Li.H/c1-10-8-18-15(11(2)16(10)23-4)9-24(21)17-19-13-6-5-12(22-3)7-14(13)20-17;;/h5-8H,9H2,1-4H3,(H,19,20);;/t24-;;/m1../s1. The van der Waals surface area contributed by atoms with Crippen molar-refractivity contribution in [1.82, 2.24) is 15.0 Å². The Bertz CT molecular complexity index is 885. The first-order valence-electron chi connectivity index (χ1n) is 7.44.